The van der Waals surface area contributed by atoms with Gasteiger partial charge in [0.1, 0.15) is 5.71 Å². The van der Waals surface area contributed by atoms with Gasteiger partial charge in [0.25, 0.3) is 5.91 Å². The lowest BCUT2D eigenvalue weighted by Crippen LogP contribution is -2.44. The third kappa shape index (κ3) is 2.31. The molecule has 6 nitrogen and oxygen atoms in total. The minimum Gasteiger partial charge on any atom is -0.394 e. The van der Waals surface area contributed by atoms with Crippen LogP contribution in [-0.2, 0) is 9.59 Å². The van der Waals surface area contributed by atoms with Gasteiger partial charge in [-0.3, -0.25) is 9.59 Å². The van der Waals surface area contributed by atoms with E-state index in [0.29, 0.717) is 25.1 Å². The predicted molar refractivity (Wildman–Crippen MR) is 61.3 cm³/mol. The molecule has 2 rings (SSSR count). The SMILES string of the molecule is CN1N=C(C(=O)N2CCC[C@H]2CO)CCC1=O. The molecule has 17 heavy (non-hydrogen) atoms. The maximum absolute atomic E-state index is 12.2. The van der Waals surface area contributed by atoms with Gasteiger partial charge in [0, 0.05) is 26.4 Å². The lowest BCUT2D eigenvalue weighted by atomic mass is 10.1. The quantitative estimate of drug-likeness (QED) is 0.711. The molecular formula is C11H17N3O3. The number of hydrogen-bond donors (Lipinski definition) is 1. The predicted octanol–water partition coefficient (Wildman–Crippen LogP) is -0.422. The van der Waals surface area contributed by atoms with Gasteiger partial charge in [-0.15, -0.1) is 0 Å². The summed E-state index contributed by atoms with van der Waals surface area (Å²) in [5.74, 6) is -0.206. The van der Waals surface area contributed by atoms with Gasteiger partial charge in [-0.1, -0.05) is 0 Å². The minimum atomic E-state index is -0.138. The summed E-state index contributed by atoms with van der Waals surface area (Å²) in [5.41, 5.74) is 0.424. The van der Waals surface area contributed by atoms with Gasteiger partial charge in [0.05, 0.1) is 12.6 Å². The van der Waals surface area contributed by atoms with Crippen LogP contribution in [0, 0.1) is 0 Å². The van der Waals surface area contributed by atoms with Crippen LogP contribution in [-0.4, -0.2) is 58.8 Å². The van der Waals surface area contributed by atoms with Gasteiger partial charge in [0.2, 0.25) is 5.91 Å². The topological polar surface area (TPSA) is 73.2 Å². The molecule has 6 heteroatoms. The Labute approximate surface area is 99.9 Å². The van der Waals surface area contributed by atoms with E-state index in [1.807, 2.05) is 0 Å². The van der Waals surface area contributed by atoms with Gasteiger partial charge >= 0.3 is 0 Å². The zero-order valence-corrected chi connectivity index (χ0v) is 9.93. The smallest absolute Gasteiger partial charge is 0.270 e. The summed E-state index contributed by atoms with van der Waals surface area (Å²) >= 11 is 0. The van der Waals surface area contributed by atoms with Crippen molar-refractivity contribution in [3.63, 3.8) is 0 Å². The van der Waals surface area contributed by atoms with Crippen LogP contribution >= 0.6 is 0 Å². The summed E-state index contributed by atoms with van der Waals surface area (Å²) in [6.45, 7) is 0.661. The summed E-state index contributed by atoms with van der Waals surface area (Å²) in [5, 5.41) is 14.4. The molecule has 0 spiro atoms. The highest BCUT2D eigenvalue weighted by atomic mass is 16.3. The van der Waals surface area contributed by atoms with E-state index in [1.165, 1.54) is 5.01 Å². The summed E-state index contributed by atoms with van der Waals surface area (Å²) in [6.07, 6.45) is 2.48. The number of amides is 2. The van der Waals surface area contributed by atoms with E-state index in [2.05, 4.69) is 5.10 Å². The second-order valence-corrected chi connectivity index (χ2v) is 4.44. The van der Waals surface area contributed by atoms with E-state index in [0.717, 1.165) is 12.8 Å². The van der Waals surface area contributed by atoms with Gasteiger partial charge in [0.15, 0.2) is 0 Å². The van der Waals surface area contributed by atoms with Crippen LogP contribution in [0.25, 0.3) is 0 Å². The average molecular weight is 239 g/mol. The Kier molecular flexibility index (Phi) is 3.42. The molecule has 0 aromatic carbocycles. The van der Waals surface area contributed by atoms with Crippen LogP contribution in [0.5, 0.6) is 0 Å². The van der Waals surface area contributed by atoms with Gasteiger partial charge in [-0.2, -0.15) is 5.10 Å². The fourth-order valence-electron chi connectivity index (χ4n) is 2.28. The second-order valence-electron chi connectivity index (χ2n) is 4.44. The van der Waals surface area contributed by atoms with E-state index in [1.54, 1.807) is 11.9 Å². The summed E-state index contributed by atoms with van der Waals surface area (Å²) in [7, 11) is 1.56. The van der Waals surface area contributed by atoms with Crippen LogP contribution in [0.4, 0.5) is 0 Å². The van der Waals surface area contributed by atoms with Crippen molar-refractivity contribution in [2.75, 3.05) is 20.2 Å². The molecule has 0 saturated carbocycles. The number of aliphatic hydroxyl groups is 1. The molecule has 1 fully saturated rings. The lowest BCUT2D eigenvalue weighted by molar-refractivity contribution is -0.131. The average Bonchev–Trinajstić information content (AvgIpc) is 2.80. The first-order valence-corrected chi connectivity index (χ1v) is 5.89. The van der Waals surface area contributed by atoms with Crippen molar-refractivity contribution >= 4 is 17.5 Å². The van der Waals surface area contributed by atoms with Crippen molar-refractivity contribution in [2.45, 2.75) is 31.7 Å². The molecule has 2 amide bonds. The molecule has 2 heterocycles. The molecule has 1 N–H and O–H groups in total. The number of hydrogen-bond acceptors (Lipinski definition) is 4. The molecule has 0 bridgehead atoms. The van der Waals surface area contributed by atoms with Crippen LogP contribution in [0.1, 0.15) is 25.7 Å². The van der Waals surface area contributed by atoms with Crippen molar-refractivity contribution in [2.24, 2.45) is 5.10 Å². The largest absolute Gasteiger partial charge is 0.394 e. The maximum atomic E-state index is 12.2. The van der Waals surface area contributed by atoms with Gasteiger partial charge in [-0.25, -0.2) is 5.01 Å². The highest BCUT2D eigenvalue weighted by molar-refractivity contribution is 6.39. The van der Waals surface area contributed by atoms with Crippen LogP contribution in [0.2, 0.25) is 0 Å². The molecule has 1 atom stereocenters. The molecule has 2 aliphatic rings. The third-order valence-corrected chi connectivity index (χ3v) is 3.30. The van der Waals surface area contributed by atoms with E-state index in [-0.39, 0.29) is 24.5 Å². The molecule has 2 aliphatic heterocycles. The number of nitrogens with zero attached hydrogens (tertiary/aromatic N) is 3. The lowest BCUT2D eigenvalue weighted by Gasteiger charge is -2.26. The molecule has 0 aliphatic carbocycles. The maximum Gasteiger partial charge on any atom is 0.270 e. The number of hydrazone groups is 1. The Morgan fingerprint density at radius 2 is 2.29 bits per heavy atom. The Hall–Kier alpha value is -1.43. The Morgan fingerprint density at radius 3 is 2.94 bits per heavy atom. The highest BCUT2D eigenvalue weighted by Crippen LogP contribution is 2.19. The molecule has 1 saturated heterocycles. The third-order valence-electron chi connectivity index (χ3n) is 3.30. The molecular weight excluding hydrogens is 222 g/mol. The minimum absolute atomic E-state index is 0.00616. The van der Waals surface area contributed by atoms with Crippen LogP contribution < -0.4 is 0 Å². The molecule has 0 radical (unpaired) electrons. The molecule has 0 unspecified atom stereocenters. The zero-order valence-electron chi connectivity index (χ0n) is 9.93. The number of carbonyl (C=O) groups excluding carboxylic acids is 2. The van der Waals surface area contributed by atoms with Gasteiger partial charge in [-0.05, 0) is 12.8 Å². The Bertz CT molecular complexity index is 367. The van der Waals surface area contributed by atoms with Crippen molar-refractivity contribution in [1.29, 1.82) is 0 Å². The van der Waals surface area contributed by atoms with Crippen LogP contribution in [0.15, 0.2) is 5.10 Å². The molecule has 94 valence electrons. The Balaban J connectivity index is 2.10. The summed E-state index contributed by atoms with van der Waals surface area (Å²) in [6, 6.07) is -0.0897. The van der Waals surface area contributed by atoms with E-state index < -0.39 is 0 Å². The van der Waals surface area contributed by atoms with Crippen molar-refractivity contribution < 1.29 is 14.7 Å². The standard InChI is InChI=1S/C11H17N3O3/c1-13-10(16)5-4-9(12-13)11(17)14-6-2-3-8(14)7-15/h8,15H,2-7H2,1H3/t8-/m0/s1. The first kappa shape index (κ1) is 12.0. The number of aliphatic hydroxyl groups excluding tert-OH is 1. The second kappa shape index (κ2) is 4.83. The van der Waals surface area contributed by atoms with E-state index >= 15 is 0 Å². The number of likely N-dealkylation sites (tertiary alicyclic amines) is 1. The Morgan fingerprint density at radius 1 is 1.53 bits per heavy atom. The van der Waals surface area contributed by atoms with Gasteiger partial charge < -0.3 is 10.0 Å². The van der Waals surface area contributed by atoms with Crippen molar-refractivity contribution in [3.8, 4) is 0 Å². The highest BCUT2D eigenvalue weighted by Gasteiger charge is 2.32. The monoisotopic (exact) mass is 239 g/mol. The number of carbonyl (C=O) groups is 2. The molecule has 0 aromatic heterocycles. The summed E-state index contributed by atoms with van der Waals surface area (Å²) < 4.78 is 0. The van der Waals surface area contributed by atoms with E-state index in [4.69, 9.17) is 0 Å². The first-order valence-electron chi connectivity index (χ1n) is 5.89. The van der Waals surface area contributed by atoms with Crippen LogP contribution in [0.3, 0.4) is 0 Å². The fourth-order valence-corrected chi connectivity index (χ4v) is 2.28. The van der Waals surface area contributed by atoms with Crippen molar-refractivity contribution in [1.82, 2.24) is 9.91 Å². The summed E-state index contributed by atoms with van der Waals surface area (Å²) in [4.78, 5) is 25.1. The van der Waals surface area contributed by atoms with E-state index in [9.17, 15) is 14.7 Å². The fraction of sp³-hybridized carbons (Fsp3) is 0.727. The van der Waals surface area contributed by atoms with Crippen molar-refractivity contribution in [3.05, 3.63) is 0 Å². The first-order chi connectivity index (χ1) is 8.13. The zero-order chi connectivity index (χ0) is 12.4. The normalized spacial score (nSPS) is 25.2. The number of rotatable bonds is 2. The molecule has 0 aromatic rings.